The van der Waals surface area contributed by atoms with Crippen molar-refractivity contribution in [3.63, 3.8) is 0 Å². The number of nitrogens with one attached hydrogen (secondary N) is 3. The van der Waals surface area contributed by atoms with Crippen LogP contribution in [0.15, 0.2) is 34.3 Å². The molecule has 1 aliphatic heterocycles. The van der Waals surface area contributed by atoms with E-state index in [2.05, 4.69) is 21.4 Å². The van der Waals surface area contributed by atoms with Crippen LogP contribution in [0.2, 0.25) is 0 Å². The van der Waals surface area contributed by atoms with Crippen molar-refractivity contribution in [3.05, 3.63) is 35.4 Å². The quantitative estimate of drug-likeness (QED) is 0.295. The summed E-state index contributed by atoms with van der Waals surface area (Å²) in [5, 5.41) is 19.4. The average Bonchev–Trinajstić information content (AvgIpc) is 3.03. The zero-order chi connectivity index (χ0) is 14.1. The van der Waals surface area contributed by atoms with Crippen molar-refractivity contribution in [2.24, 2.45) is 15.7 Å². The smallest absolute Gasteiger partial charge is 0.191 e. The first-order valence-electron chi connectivity index (χ1n) is 6.42. The van der Waals surface area contributed by atoms with E-state index >= 15 is 0 Å². The molecule has 0 radical (unpaired) electrons. The number of amidine groups is 1. The van der Waals surface area contributed by atoms with Gasteiger partial charge in [-0.25, -0.2) is 4.99 Å². The van der Waals surface area contributed by atoms with E-state index in [1.54, 1.807) is 0 Å². The lowest BCUT2D eigenvalue weighted by molar-refractivity contribution is 0.228. The molecule has 1 heterocycles. The van der Waals surface area contributed by atoms with Crippen LogP contribution in [0, 0.1) is 5.41 Å². The molecule has 2 aliphatic rings. The molecule has 104 valence electrons. The third kappa shape index (κ3) is 2.12. The second-order valence-corrected chi connectivity index (χ2v) is 4.81. The Kier molecular flexibility index (Phi) is 3.11. The standard InChI is InChI=1S/C13H16N6O/c14-11(19-20)10-12(18-13(15)17-10)16-9-6-5-7-3-1-2-4-8(7)9/h1-4,10,12,20H,5-6H2,(H2,14,19)(H3,15,17,18). The first-order valence-corrected chi connectivity index (χ1v) is 6.42. The molecule has 0 saturated carbocycles. The van der Waals surface area contributed by atoms with Gasteiger partial charge in [0.2, 0.25) is 0 Å². The van der Waals surface area contributed by atoms with Gasteiger partial charge >= 0.3 is 0 Å². The van der Waals surface area contributed by atoms with Gasteiger partial charge in [-0.3, -0.25) is 21.1 Å². The molecule has 20 heavy (non-hydrogen) atoms. The van der Waals surface area contributed by atoms with Crippen LogP contribution in [0.5, 0.6) is 0 Å². The molecule has 0 fully saturated rings. The van der Waals surface area contributed by atoms with Crippen LogP contribution >= 0.6 is 0 Å². The fourth-order valence-electron chi connectivity index (χ4n) is 2.59. The molecular weight excluding hydrogens is 256 g/mol. The number of fused-ring (bicyclic) bond motifs is 1. The van der Waals surface area contributed by atoms with Crippen LogP contribution in [0.4, 0.5) is 0 Å². The molecule has 6 N–H and O–H groups in total. The van der Waals surface area contributed by atoms with Gasteiger partial charge in [0.15, 0.2) is 18.2 Å². The summed E-state index contributed by atoms with van der Waals surface area (Å²) in [4.78, 5) is 8.70. The maximum absolute atomic E-state index is 8.86. The van der Waals surface area contributed by atoms with Crippen molar-refractivity contribution in [1.29, 1.82) is 5.41 Å². The Morgan fingerprint density at radius 2 is 2.25 bits per heavy atom. The number of aryl methyl sites for hydroxylation is 1. The van der Waals surface area contributed by atoms with Gasteiger partial charge in [-0.2, -0.15) is 0 Å². The normalized spacial score (nSPS) is 26.1. The van der Waals surface area contributed by atoms with Crippen LogP contribution in [-0.4, -0.2) is 34.9 Å². The third-order valence-corrected chi connectivity index (χ3v) is 3.54. The van der Waals surface area contributed by atoms with E-state index in [1.165, 1.54) is 5.56 Å². The summed E-state index contributed by atoms with van der Waals surface area (Å²) in [6, 6.07) is 7.52. The van der Waals surface area contributed by atoms with Crippen molar-refractivity contribution in [3.8, 4) is 0 Å². The van der Waals surface area contributed by atoms with E-state index in [4.69, 9.17) is 16.4 Å². The number of benzene rings is 1. The van der Waals surface area contributed by atoms with Crippen LogP contribution < -0.4 is 16.5 Å². The Labute approximate surface area is 116 Å². The highest BCUT2D eigenvalue weighted by Gasteiger charge is 2.32. The second-order valence-electron chi connectivity index (χ2n) is 4.81. The molecule has 0 amide bonds. The monoisotopic (exact) mass is 272 g/mol. The van der Waals surface area contributed by atoms with Crippen molar-refractivity contribution >= 4 is 17.5 Å². The van der Waals surface area contributed by atoms with Gasteiger partial charge in [-0.1, -0.05) is 24.3 Å². The van der Waals surface area contributed by atoms with Gasteiger partial charge in [-0.05, 0) is 24.0 Å². The Balaban J connectivity index is 1.88. The molecule has 1 aromatic rings. The highest BCUT2D eigenvalue weighted by atomic mass is 16.5. The maximum atomic E-state index is 8.86. The van der Waals surface area contributed by atoms with E-state index < -0.39 is 12.2 Å². The SMILES string of the molecule is N=C(NO)C1N=C(N)NC1N=C1CCc2ccccc21. The molecule has 1 aliphatic carbocycles. The minimum Gasteiger partial charge on any atom is -0.370 e. The van der Waals surface area contributed by atoms with Gasteiger partial charge in [0.05, 0.1) is 0 Å². The predicted octanol–water partition coefficient (Wildman–Crippen LogP) is -0.00943. The first kappa shape index (κ1) is 12.6. The fraction of sp³-hybridized carbons (Fsp3) is 0.308. The van der Waals surface area contributed by atoms with Gasteiger partial charge in [-0.15, -0.1) is 0 Å². The summed E-state index contributed by atoms with van der Waals surface area (Å²) >= 11 is 0. The van der Waals surface area contributed by atoms with Gasteiger partial charge in [0, 0.05) is 5.71 Å². The number of aliphatic imine (C=N–C) groups is 2. The molecule has 3 rings (SSSR count). The highest BCUT2D eigenvalue weighted by molar-refractivity contribution is 6.05. The Hall–Kier alpha value is -2.41. The number of nitrogens with two attached hydrogens (primary N) is 1. The number of rotatable bonds is 2. The van der Waals surface area contributed by atoms with Crippen molar-refractivity contribution in [2.45, 2.75) is 25.0 Å². The number of hydrogen-bond donors (Lipinski definition) is 5. The molecule has 0 aromatic heterocycles. The van der Waals surface area contributed by atoms with Gasteiger partial charge in [0.25, 0.3) is 0 Å². The first-order chi connectivity index (χ1) is 9.69. The summed E-state index contributed by atoms with van der Waals surface area (Å²) in [5.74, 6) is 0.106. The van der Waals surface area contributed by atoms with Crippen molar-refractivity contribution in [2.75, 3.05) is 0 Å². The molecule has 1 aromatic carbocycles. The minimum absolute atomic E-state index is 0.126. The summed E-state index contributed by atoms with van der Waals surface area (Å²) in [6.07, 6.45) is 1.38. The maximum Gasteiger partial charge on any atom is 0.191 e. The summed E-state index contributed by atoms with van der Waals surface area (Å²) in [5.41, 5.74) is 10.9. The van der Waals surface area contributed by atoms with E-state index in [1.807, 2.05) is 23.7 Å². The van der Waals surface area contributed by atoms with E-state index in [0.717, 1.165) is 24.1 Å². The zero-order valence-electron chi connectivity index (χ0n) is 10.8. The molecule has 0 spiro atoms. The summed E-state index contributed by atoms with van der Waals surface area (Å²) in [7, 11) is 0. The third-order valence-electron chi connectivity index (χ3n) is 3.54. The number of nitrogens with zero attached hydrogens (tertiary/aromatic N) is 2. The fourth-order valence-corrected chi connectivity index (χ4v) is 2.59. The molecule has 0 saturated heterocycles. The van der Waals surface area contributed by atoms with Gasteiger partial charge in [0.1, 0.15) is 5.84 Å². The topological polar surface area (TPSA) is 119 Å². The molecule has 0 bridgehead atoms. The molecular formula is C13H16N6O. The summed E-state index contributed by atoms with van der Waals surface area (Å²) in [6.45, 7) is 0. The lowest BCUT2D eigenvalue weighted by atomic mass is 10.1. The molecule has 7 heteroatoms. The van der Waals surface area contributed by atoms with Gasteiger partial charge < -0.3 is 11.1 Å². The zero-order valence-corrected chi connectivity index (χ0v) is 10.8. The Morgan fingerprint density at radius 1 is 1.45 bits per heavy atom. The Morgan fingerprint density at radius 3 is 3.05 bits per heavy atom. The van der Waals surface area contributed by atoms with E-state index in [-0.39, 0.29) is 11.8 Å². The lowest BCUT2D eigenvalue weighted by Crippen LogP contribution is -2.43. The molecule has 2 unspecified atom stereocenters. The summed E-state index contributed by atoms with van der Waals surface area (Å²) < 4.78 is 0. The van der Waals surface area contributed by atoms with Crippen molar-refractivity contribution in [1.82, 2.24) is 10.8 Å². The highest BCUT2D eigenvalue weighted by Crippen LogP contribution is 2.23. The number of hydrogen-bond acceptors (Lipinski definition) is 6. The second kappa shape index (κ2) is 4.93. The van der Waals surface area contributed by atoms with E-state index in [0.29, 0.717) is 0 Å². The van der Waals surface area contributed by atoms with Crippen molar-refractivity contribution < 1.29 is 5.21 Å². The van der Waals surface area contributed by atoms with Crippen LogP contribution in [0.25, 0.3) is 0 Å². The van der Waals surface area contributed by atoms with Crippen LogP contribution in [0.3, 0.4) is 0 Å². The minimum atomic E-state index is -0.625. The largest absolute Gasteiger partial charge is 0.370 e. The lowest BCUT2D eigenvalue weighted by Gasteiger charge is -2.15. The van der Waals surface area contributed by atoms with Crippen LogP contribution in [0.1, 0.15) is 17.5 Å². The van der Waals surface area contributed by atoms with E-state index in [9.17, 15) is 0 Å². The Bertz CT molecular complexity index is 609. The number of hydroxylamine groups is 1. The predicted molar refractivity (Wildman–Crippen MR) is 76.3 cm³/mol. The number of guanidine groups is 1. The molecule has 2 atom stereocenters. The van der Waals surface area contributed by atoms with Crippen LogP contribution in [-0.2, 0) is 6.42 Å². The molecule has 7 nitrogen and oxygen atoms in total. The average molecular weight is 272 g/mol.